The summed E-state index contributed by atoms with van der Waals surface area (Å²) in [4.78, 5) is 4.43. The topological polar surface area (TPSA) is 12.4 Å². The Kier molecular flexibility index (Phi) is 4.48. The molecule has 16 heavy (non-hydrogen) atoms. The lowest BCUT2D eigenvalue weighted by atomic mass is 9.90. The van der Waals surface area contributed by atoms with E-state index >= 15 is 0 Å². The second-order valence-corrected chi connectivity index (χ2v) is 4.23. The number of aliphatic imine (C=N–C) groups is 1. The van der Waals surface area contributed by atoms with Crippen LogP contribution in [-0.4, -0.2) is 6.21 Å². The van der Waals surface area contributed by atoms with Crippen LogP contribution in [0.15, 0.2) is 29.8 Å². The summed E-state index contributed by atoms with van der Waals surface area (Å²) in [6.45, 7) is 12.7. The van der Waals surface area contributed by atoms with Gasteiger partial charge in [-0.25, -0.2) is 0 Å². The smallest absolute Gasteiger partial charge is 0.0703 e. The largest absolute Gasteiger partial charge is 0.261 e. The molecule has 86 valence electrons. The molecule has 0 saturated carbocycles. The van der Waals surface area contributed by atoms with Crippen LogP contribution in [0.3, 0.4) is 0 Å². The normalized spacial score (nSPS) is 11.3. The van der Waals surface area contributed by atoms with Gasteiger partial charge in [-0.2, -0.15) is 0 Å². The predicted molar refractivity (Wildman–Crippen MR) is 73.5 cm³/mol. The molecule has 0 aliphatic carbocycles. The molecule has 0 bridgehead atoms. The van der Waals surface area contributed by atoms with E-state index < -0.39 is 0 Å². The van der Waals surface area contributed by atoms with Crippen molar-refractivity contribution >= 4 is 17.5 Å². The molecule has 0 aliphatic heterocycles. The first-order valence-corrected chi connectivity index (χ1v) is 5.91. The third-order valence-corrected chi connectivity index (χ3v) is 2.80. The van der Waals surface area contributed by atoms with Gasteiger partial charge in [-0.3, -0.25) is 4.99 Å². The molecular formula is C15H21N. The molecule has 1 aromatic carbocycles. The molecule has 0 N–H and O–H groups in total. The van der Waals surface area contributed by atoms with E-state index in [4.69, 9.17) is 0 Å². The van der Waals surface area contributed by atoms with Crippen molar-refractivity contribution in [3.8, 4) is 0 Å². The highest BCUT2D eigenvalue weighted by atomic mass is 14.7. The van der Waals surface area contributed by atoms with Crippen molar-refractivity contribution in [1.82, 2.24) is 0 Å². The molecule has 0 amide bonds. The zero-order chi connectivity index (χ0) is 12.1. The van der Waals surface area contributed by atoms with Crippen molar-refractivity contribution in [1.29, 1.82) is 0 Å². The van der Waals surface area contributed by atoms with Crippen LogP contribution in [-0.2, 0) is 6.42 Å². The third-order valence-electron chi connectivity index (χ3n) is 2.80. The van der Waals surface area contributed by atoms with Gasteiger partial charge in [0.15, 0.2) is 0 Å². The zero-order valence-corrected chi connectivity index (χ0v) is 10.7. The Labute approximate surface area is 98.9 Å². The third kappa shape index (κ3) is 2.60. The maximum absolute atomic E-state index is 4.43. The summed E-state index contributed by atoms with van der Waals surface area (Å²) in [5.41, 5.74) is 4.79. The first-order chi connectivity index (χ1) is 7.61. The minimum atomic E-state index is 0.457. The molecule has 0 unspecified atom stereocenters. The lowest BCUT2D eigenvalue weighted by Gasteiger charge is -2.16. The Morgan fingerprint density at radius 2 is 2.12 bits per heavy atom. The van der Waals surface area contributed by atoms with Crippen LogP contribution in [0, 0.1) is 5.92 Å². The fraction of sp³-hybridized carbons (Fsp3) is 0.400. The molecule has 0 atom stereocenters. The second-order valence-electron chi connectivity index (χ2n) is 4.23. The highest BCUT2D eigenvalue weighted by Gasteiger charge is 2.12. The molecule has 1 nitrogen and oxygen atoms in total. The molecule has 1 rings (SSSR count). The van der Waals surface area contributed by atoms with Crippen molar-refractivity contribution in [2.45, 2.75) is 34.1 Å². The fourth-order valence-electron chi connectivity index (χ4n) is 1.79. The zero-order valence-electron chi connectivity index (χ0n) is 10.7. The lowest BCUT2D eigenvalue weighted by Crippen LogP contribution is -1.97. The summed E-state index contributed by atoms with van der Waals surface area (Å²) in [7, 11) is 0. The van der Waals surface area contributed by atoms with Gasteiger partial charge in [0.2, 0.25) is 0 Å². The summed E-state index contributed by atoms with van der Waals surface area (Å²) in [6.07, 6.45) is 2.86. The highest BCUT2D eigenvalue weighted by molar-refractivity contribution is 5.79. The van der Waals surface area contributed by atoms with E-state index in [0.29, 0.717) is 5.92 Å². The maximum atomic E-state index is 4.43. The molecule has 0 fully saturated rings. The second kappa shape index (κ2) is 5.64. The first-order valence-electron chi connectivity index (χ1n) is 5.91. The number of benzene rings is 1. The number of hydrogen-bond acceptors (Lipinski definition) is 1. The Balaban J connectivity index is 3.35. The van der Waals surface area contributed by atoms with E-state index in [0.717, 1.165) is 12.1 Å². The molecule has 0 spiro atoms. The van der Waals surface area contributed by atoms with Crippen LogP contribution in [0.5, 0.6) is 0 Å². The van der Waals surface area contributed by atoms with Gasteiger partial charge < -0.3 is 0 Å². The van der Waals surface area contributed by atoms with E-state index in [1.54, 1.807) is 0 Å². The monoisotopic (exact) mass is 215 g/mol. The Bertz CT molecular complexity index is 400. The molecule has 0 aromatic heterocycles. The predicted octanol–water partition coefficient (Wildman–Crippen LogP) is 4.64. The SMILES string of the molecule is C=C(c1c(CC)cccc1N=CC)C(C)C. The van der Waals surface area contributed by atoms with Crippen LogP contribution >= 0.6 is 0 Å². The van der Waals surface area contributed by atoms with Gasteiger partial charge in [0.25, 0.3) is 0 Å². The summed E-state index contributed by atoms with van der Waals surface area (Å²) < 4.78 is 0. The van der Waals surface area contributed by atoms with E-state index in [-0.39, 0.29) is 0 Å². The van der Waals surface area contributed by atoms with E-state index in [1.165, 1.54) is 16.7 Å². The molecule has 0 radical (unpaired) electrons. The van der Waals surface area contributed by atoms with Gasteiger partial charge in [0.05, 0.1) is 5.69 Å². The van der Waals surface area contributed by atoms with Gasteiger partial charge in [-0.05, 0) is 36.5 Å². The average molecular weight is 215 g/mol. The summed E-state index contributed by atoms with van der Waals surface area (Å²) in [6, 6.07) is 6.29. The standard InChI is InChI=1S/C15H21N/c1-6-13-9-8-10-14(16-7-2)15(13)12(5)11(3)4/h7-11H,5-6H2,1-4H3. The van der Waals surface area contributed by atoms with Gasteiger partial charge in [0, 0.05) is 11.8 Å². The van der Waals surface area contributed by atoms with Crippen molar-refractivity contribution < 1.29 is 0 Å². The van der Waals surface area contributed by atoms with E-state index in [2.05, 4.69) is 50.5 Å². The first kappa shape index (κ1) is 12.7. The van der Waals surface area contributed by atoms with Crippen molar-refractivity contribution in [3.63, 3.8) is 0 Å². The number of allylic oxidation sites excluding steroid dienone is 1. The Morgan fingerprint density at radius 3 is 2.62 bits per heavy atom. The quantitative estimate of drug-likeness (QED) is 0.649. The Morgan fingerprint density at radius 1 is 1.44 bits per heavy atom. The highest BCUT2D eigenvalue weighted by Crippen LogP contribution is 2.33. The van der Waals surface area contributed by atoms with Crippen molar-refractivity contribution in [2.24, 2.45) is 10.9 Å². The summed E-state index contributed by atoms with van der Waals surface area (Å²) >= 11 is 0. The van der Waals surface area contributed by atoms with Crippen LogP contribution < -0.4 is 0 Å². The minimum absolute atomic E-state index is 0.457. The van der Waals surface area contributed by atoms with Gasteiger partial charge in [-0.1, -0.05) is 39.5 Å². The lowest BCUT2D eigenvalue weighted by molar-refractivity contribution is 0.854. The number of nitrogens with zero attached hydrogens (tertiary/aromatic N) is 1. The van der Waals surface area contributed by atoms with Gasteiger partial charge >= 0.3 is 0 Å². The van der Waals surface area contributed by atoms with Crippen LogP contribution in [0.1, 0.15) is 38.8 Å². The minimum Gasteiger partial charge on any atom is -0.261 e. The molecule has 0 heterocycles. The van der Waals surface area contributed by atoms with Crippen molar-refractivity contribution in [3.05, 3.63) is 35.9 Å². The van der Waals surface area contributed by atoms with Gasteiger partial charge in [-0.15, -0.1) is 0 Å². The van der Waals surface area contributed by atoms with Gasteiger partial charge in [0.1, 0.15) is 0 Å². The molecule has 0 saturated heterocycles. The molecule has 0 aliphatic rings. The molecule has 1 heteroatoms. The number of rotatable bonds is 4. The summed E-state index contributed by atoms with van der Waals surface area (Å²) in [5.74, 6) is 0.457. The molecule has 1 aromatic rings. The van der Waals surface area contributed by atoms with E-state index in [9.17, 15) is 0 Å². The van der Waals surface area contributed by atoms with Crippen LogP contribution in [0.25, 0.3) is 5.57 Å². The Hall–Kier alpha value is -1.37. The van der Waals surface area contributed by atoms with Crippen LogP contribution in [0.4, 0.5) is 5.69 Å². The number of aryl methyl sites for hydroxylation is 1. The van der Waals surface area contributed by atoms with Crippen molar-refractivity contribution in [2.75, 3.05) is 0 Å². The average Bonchev–Trinajstić information content (AvgIpc) is 2.28. The maximum Gasteiger partial charge on any atom is 0.0703 e. The van der Waals surface area contributed by atoms with E-state index in [1.807, 2.05) is 13.1 Å². The van der Waals surface area contributed by atoms with Crippen LogP contribution in [0.2, 0.25) is 0 Å². The summed E-state index contributed by atoms with van der Waals surface area (Å²) in [5, 5.41) is 0. The number of hydrogen-bond donors (Lipinski definition) is 0. The molecular weight excluding hydrogens is 194 g/mol. The fourth-order valence-corrected chi connectivity index (χ4v) is 1.79.